The number of ketones is 1. The van der Waals surface area contributed by atoms with Gasteiger partial charge in [-0.15, -0.1) is 24.0 Å². The lowest BCUT2D eigenvalue weighted by molar-refractivity contribution is -0.142. The summed E-state index contributed by atoms with van der Waals surface area (Å²) in [7, 11) is 3.89. The SMILES string of the molecule is C.CCC1=C(C(=O)O)CN(C)C1.CC[C@@H]1CN(C)CC1C(=O)C=S(C)(C)=O.CC[C@@H]1CN(C)C[C@@H]1C(=O)O.I.II. The molecular formula is C28H54I3N3O6S. The molecular weight excluding hydrogens is 887 g/mol. The number of halogens is 3. The Balaban J connectivity index is -0.000000508. The Bertz CT molecular complexity index is 964. The number of likely N-dealkylation sites (N-methyl/N-ethyl adjacent to an activating group) is 1. The summed E-state index contributed by atoms with van der Waals surface area (Å²) in [6.07, 6.45) is 6.07. The van der Waals surface area contributed by atoms with Gasteiger partial charge in [-0.25, -0.2) is 4.79 Å². The number of carbonyl (C=O) groups excluding carboxylic acids is 1. The van der Waals surface area contributed by atoms with Gasteiger partial charge in [0.15, 0.2) is 5.78 Å². The summed E-state index contributed by atoms with van der Waals surface area (Å²) in [5, 5.41) is 19.0. The third-order valence-electron chi connectivity index (χ3n) is 7.38. The second kappa shape index (κ2) is 22.9. The Hall–Kier alpha value is 0.440. The highest BCUT2D eigenvalue weighted by atomic mass is 128. The molecule has 3 heterocycles. The standard InChI is InChI=1S/C11H21NO2S.C8H15NO2.C8H13NO2.CH4.I2.HI/c1-5-9-6-12(2)7-10(9)11(13)8-15(3,4)14;2*1-3-6-4-9(2)5-7(6)8(10)11;;1-2;/h8-10H,5-7H2,1-4H3;6-7H,3-5H2,1-2H3,(H,10,11);3-5H2,1-2H3,(H,10,11);1H4;;1H/t9-,10?;6-,7+;;;;/m11..../s1. The average Bonchev–Trinajstić information content (AvgIpc) is 3.55. The van der Waals surface area contributed by atoms with Gasteiger partial charge in [0.25, 0.3) is 0 Å². The van der Waals surface area contributed by atoms with E-state index in [-0.39, 0.29) is 49.0 Å². The highest BCUT2D eigenvalue weighted by Crippen LogP contribution is 2.26. The molecule has 0 aromatic carbocycles. The van der Waals surface area contributed by atoms with Gasteiger partial charge in [0.1, 0.15) is 0 Å². The lowest BCUT2D eigenvalue weighted by atomic mass is 9.91. The number of rotatable bonds is 7. The molecule has 0 radical (unpaired) electrons. The quantitative estimate of drug-likeness (QED) is 0.272. The van der Waals surface area contributed by atoms with Gasteiger partial charge < -0.3 is 20.0 Å². The van der Waals surface area contributed by atoms with Crippen molar-refractivity contribution < 1.29 is 28.8 Å². The number of likely N-dealkylation sites (tertiary alicyclic amines) is 2. The minimum absolute atomic E-state index is 0. The molecule has 2 N–H and O–H groups in total. The number of carboxylic acid groups (broad SMARTS) is 2. The molecule has 4 atom stereocenters. The van der Waals surface area contributed by atoms with Crippen molar-refractivity contribution in [1.29, 1.82) is 0 Å². The van der Waals surface area contributed by atoms with Crippen LogP contribution < -0.4 is 0 Å². The molecule has 0 aromatic heterocycles. The fourth-order valence-electron chi connectivity index (χ4n) is 5.37. The molecule has 3 aliphatic rings. The van der Waals surface area contributed by atoms with Crippen molar-refractivity contribution in [2.24, 2.45) is 23.7 Å². The van der Waals surface area contributed by atoms with Crippen LogP contribution in [0.3, 0.4) is 0 Å². The van der Waals surface area contributed by atoms with Gasteiger partial charge in [0, 0.05) is 100 Å². The molecule has 0 bridgehead atoms. The summed E-state index contributed by atoms with van der Waals surface area (Å²) in [4.78, 5) is 39.5. The molecule has 0 spiro atoms. The Morgan fingerprint density at radius 1 is 0.854 bits per heavy atom. The number of nitrogens with zero attached hydrogens (tertiary/aromatic N) is 3. The summed E-state index contributed by atoms with van der Waals surface area (Å²) >= 11 is 4.24. The maximum Gasteiger partial charge on any atom is 0.332 e. The molecule has 3 aliphatic heterocycles. The molecule has 2 fully saturated rings. The number of carbonyl (C=O) groups is 3. The van der Waals surface area contributed by atoms with Gasteiger partial charge in [-0.3, -0.25) is 18.7 Å². The van der Waals surface area contributed by atoms with Gasteiger partial charge in [0.05, 0.1) is 11.5 Å². The van der Waals surface area contributed by atoms with E-state index in [0.717, 1.165) is 51.0 Å². The minimum Gasteiger partial charge on any atom is -0.481 e. The molecule has 0 amide bonds. The second-order valence-corrected chi connectivity index (χ2v) is 13.9. The normalized spacial score (nSPS) is 24.3. The van der Waals surface area contributed by atoms with E-state index in [1.54, 1.807) is 12.5 Å². The van der Waals surface area contributed by atoms with E-state index >= 15 is 0 Å². The third kappa shape index (κ3) is 16.9. The maximum atomic E-state index is 11.9. The molecule has 244 valence electrons. The number of hydrogen-bond acceptors (Lipinski definition) is 7. The predicted octanol–water partition coefficient (Wildman–Crippen LogP) is 4.90. The zero-order valence-electron chi connectivity index (χ0n) is 25.2. The van der Waals surface area contributed by atoms with Crippen molar-refractivity contribution in [2.75, 3.05) is 72.9 Å². The molecule has 9 nitrogen and oxygen atoms in total. The van der Waals surface area contributed by atoms with Gasteiger partial charge in [0.2, 0.25) is 0 Å². The molecule has 1 unspecified atom stereocenters. The van der Waals surface area contributed by atoms with Crippen LogP contribution in [0.25, 0.3) is 0 Å². The average molecular weight is 942 g/mol. The van der Waals surface area contributed by atoms with E-state index in [1.807, 2.05) is 33.0 Å². The van der Waals surface area contributed by atoms with Crippen LogP contribution in [0.4, 0.5) is 0 Å². The first-order valence-electron chi connectivity index (χ1n) is 13.3. The van der Waals surface area contributed by atoms with Crippen LogP contribution in [0.1, 0.15) is 47.5 Å². The largest absolute Gasteiger partial charge is 0.481 e. The van der Waals surface area contributed by atoms with Crippen molar-refractivity contribution in [3.8, 4) is 0 Å². The zero-order valence-corrected chi connectivity index (χ0v) is 32.7. The Kier molecular flexibility index (Phi) is 25.6. The van der Waals surface area contributed by atoms with Crippen molar-refractivity contribution >= 4 is 93.8 Å². The van der Waals surface area contributed by atoms with Gasteiger partial charge >= 0.3 is 11.9 Å². The number of aliphatic carboxylic acids is 2. The van der Waals surface area contributed by atoms with Crippen LogP contribution in [0.15, 0.2) is 11.1 Å². The first-order chi connectivity index (χ1) is 18.1. The molecule has 0 aliphatic carbocycles. The van der Waals surface area contributed by atoms with Crippen LogP contribution in [0.5, 0.6) is 0 Å². The molecule has 13 heteroatoms. The molecule has 2 saturated heterocycles. The molecule has 0 saturated carbocycles. The summed E-state index contributed by atoms with van der Waals surface area (Å²) in [5.74, 6) is -0.614. The lowest BCUT2D eigenvalue weighted by Crippen LogP contribution is -2.25. The van der Waals surface area contributed by atoms with Gasteiger partial charge in [-0.2, -0.15) is 0 Å². The second-order valence-electron chi connectivity index (χ2n) is 11.1. The van der Waals surface area contributed by atoms with E-state index in [1.165, 1.54) is 5.37 Å². The van der Waals surface area contributed by atoms with E-state index < -0.39 is 21.5 Å². The maximum absolute atomic E-state index is 11.9. The fourth-order valence-corrected chi connectivity index (χ4v) is 6.11. The zero-order chi connectivity index (χ0) is 30.5. The fraction of sp³-hybridized carbons (Fsp3) is 0.786. The highest BCUT2D eigenvalue weighted by molar-refractivity contribution is 15.0. The van der Waals surface area contributed by atoms with Crippen molar-refractivity contribution in [3.63, 3.8) is 0 Å². The Morgan fingerprint density at radius 3 is 1.61 bits per heavy atom. The summed E-state index contributed by atoms with van der Waals surface area (Å²) in [6, 6.07) is 0. The van der Waals surface area contributed by atoms with Crippen molar-refractivity contribution in [1.82, 2.24) is 14.7 Å². The van der Waals surface area contributed by atoms with Gasteiger partial charge in [-0.1, -0.05) is 41.0 Å². The summed E-state index contributed by atoms with van der Waals surface area (Å²) < 4.78 is 11.5. The minimum atomic E-state index is -2.05. The third-order valence-corrected chi connectivity index (χ3v) is 8.18. The number of carboxylic acids is 2. The predicted molar refractivity (Wildman–Crippen MR) is 201 cm³/mol. The van der Waals surface area contributed by atoms with Crippen molar-refractivity contribution in [2.45, 2.75) is 47.5 Å². The monoisotopic (exact) mass is 941 g/mol. The van der Waals surface area contributed by atoms with E-state index in [2.05, 4.69) is 60.9 Å². The van der Waals surface area contributed by atoms with E-state index in [0.29, 0.717) is 30.5 Å². The summed E-state index contributed by atoms with van der Waals surface area (Å²) in [6.45, 7) is 11.0. The highest BCUT2D eigenvalue weighted by Gasteiger charge is 2.35. The van der Waals surface area contributed by atoms with Crippen LogP contribution in [0.2, 0.25) is 0 Å². The smallest absolute Gasteiger partial charge is 0.332 e. The molecule has 3 rings (SSSR count). The Labute approximate surface area is 290 Å². The first-order valence-corrected chi connectivity index (χ1v) is 22.0. The number of Topliss-reactive ketones (excluding diaryl/α,β-unsaturated/α-hetero) is 1. The Morgan fingerprint density at radius 2 is 1.29 bits per heavy atom. The number of hydrogen-bond donors (Lipinski definition) is 2. The van der Waals surface area contributed by atoms with Crippen LogP contribution in [0, 0.1) is 23.7 Å². The lowest BCUT2D eigenvalue weighted by Gasteiger charge is -2.13. The molecule has 41 heavy (non-hydrogen) atoms. The van der Waals surface area contributed by atoms with Crippen LogP contribution >= 0.6 is 61.2 Å². The van der Waals surface area contributed by atoms with E-state index in [4.69, 9.17) is 10.2 Å². The van der Waals surface area contributed by atoms with E-state index in [9.17, 15) is 18.6 Å². The van der Waals surface area contributed by atoms with Crippen molar-refractivity contribution in [3.05, 3.63) is 11.1 Å². The first kappa shape index (κ1) is 45.9. The summed E-state index contributed by atoms with van der Waals surface area (Å²) in [5.41, 5.74) is 1.66. The van der Waals surface area contributed by atoms with Crippen LogP contribution in [-0.4, -0.2) is 125 Å². The van der Waals surface area contributed by atoms with Gasteiger partial charge in [-0.05, 0) is 54.5 Å². The molecule has 0 aromatic rings. The van der Waals surface area contributed by atoms with Crippen LogP contribution in [-0.2, 0) is 23.9 Å². The topological polar surface area (TPSA) is 118 Å².